The lowest BCUT2D eigenvalue weighted by atomic mass is 10.1. The Balaban J connectivity index is 1.52. The molecule has 8 heteroatoms. The van der Waals surface area contributed by atoms with E-state index in [-0.39, 0.29) is 12.2 Å². The zero-order chi connectivity index (χ0) is 20.1. The van der Waals surface area contributed by atoms with Crippen LogP contribution in [-0.2, 0) is 20.7 Å². The van der Waals surface area contributed by atoms with Gasteiger partial charge >= 0.3 is 5.97 Å². The molecule has 2 heterocycles. The van der Waals surface area contributed by atoms with Crippen molar-refractivity contribution in [2.24, 2.45) is 0 Å². The highest BCUT2D eigenvalue weighted by atomic mass is 32.1. The molecule has 0 fully saturated rings. The standard InChI is InChI=1S/C20H18N2O4S2/c1-12(23)14-5-7-15(8-6-14)21-19(25)13(2)26-18(24)10-16-11-28-20(22-16)17-4-3-9-27-17/h3-9,11,13H,10H2,1-2H3,(H,21,25)/t13-/m0/s1. The number of nitrogens with zero attached hydrogens (tertiary/aromatic N) is 1. The van der Waals surface area contributed by atoms with Gasteiger partial charge in [-0.15, -0.1) is 22.7 Å². The van der Waals surface area contributed by atoms with Crippen LogP contribution in [0, 0.1) is 0 Å². The maximum atomic E-state index is 12.2. The molecule has 0 aliphatic rings. The molecule has 0 aliphatic carbocycles. The SMILES string of the molecule is CC(=O)c1ccc(NC(=O)[C@H](C)OC(=O)Cc2csc(-c3cccs3)n2)cc1. The molecule has 1 atom stereocenters. The van der Waals surface area contributed by atoms with Crippen LogP contribution in [0.4, 0.5) is 5.69 Å². The van der Waals surface area contributed by atoms with Crippen LogP contribution in [0.15, 0.2) is 47.2 Å². The number of thiazole rings is 1. The zero-order valence-electron chi connectivity index (χ0n) is 15.3. The van der Waals surface area contributed by atoms with Gasteiger partial charge in [0.25, 0.3) is 5.91 Å². The highest BCUT2D eigenvalue weighted by Gasteiger charge is 2.19. The molecule has 1 N–H and O–H groups in total. The van der Waals surface area contributed by atoms with Gasteiger partial charge in [-0.05, 0) is 49.6 Å². The molecule has 0 saturated carbocycles. The van der Waals surface area contributed by atoms with Gasteiger partial charge in [-0.1, -0.05) is 6.07 Å². The third kappa shape index (κ3) is 5.11. The smallest absolute Gasteiger partial charge is 0.312 e. The number of benzene rings is 1. The summed E-state index contributed by atoms with van der Waals surface area (Å²) in [6.07, 6.45) is -0.942. The number of anilines is 1. The molecule has 1 amide bonds. The molecule has 3 rings (SSSR count). The van der Waals surface area contributed by atoms with Crippen molar-refractivity contribution in [3.05, 3.63) is 58.4 Å². The molecule has 28 heavy (non-hydrogen) atoms. The fourth-order valence-corrected chi connectivity index (χ4v) is 4.01. The van der Waals surface area contributed by atoms with Gasteiger partial charge in [0, 0.05) is 16.6 Å². The number of ketones is 1. The second kappa shape index (κ2) is 8.90. The van der Waals surface area contributed by atoms with Crippen LogP contribution in [0.2, 0.25) is 0 Å². The van der Waals surface area contributed by atoms with Gasteiger partial charge in [0.05, 0.1) is 17.0 Å². The van der Waals surface area contributed by atoms with Crippen molar-refractivity contribution in [2.45, 2.75) is 26.4 Å². The lowest BCUT2D eigenvalue weighted by molar-refractivity contribution is -0.152. The highest BCUT2D eigenvalue weighted by Crippen LogP contribution is 2.28. The van der Waals surface area contributed by atoms with Gasteiger partial charge in [-0.2, -0.15) is 0 Å². The number of rotatable bonds is 7. The van der Waals surface area contributed by atoms with Crippen molar-refractivity contribution in [3.8, 4) is 9.88 Å². The second-order valence-corrected chi connectivity index (χ2v) is 7.86. The fourth-order valence-electron chi connectivity index (χ4n) is 2.37. The first kappa shape index (κ1) is 19.9. The average molecular weight is 415 g/mol. The Hall–Kier alpha value is -2.84. The summed E-state index contributed by atoms with van der Waals surface area (Å²) in [5, 5.41) is 7.31. The summed E-state index contributed by atoms with van der Waals surface area (Å²) in [5.74, 6) is -1.01. The van der Waals surface area contributed by atoms with Gasteiger partial charge in [0.15, 0.2) is 11.9 Å². The quantitative estimate of drug-likeness (QED) is 0.463. The summed E-state index contributed by atoms with van der Waals surface area (Å²) < 4.78 is 5.21. The molecular weight excluding hydrogens is 396 g/mol. The minimum absolute atomic E-state index is 0.00675. The number of nitrogens with one attached hydrogen (secondary N) is 1. The molecule has 0 saturated heterocycles. The Morgan fingerprint density at radius 1 is 1.14 bits per heavy atom. The molecule has 0 spiro atoms. The van der Waals surface area contributed by atoms with E-state index in [1.807, 2.05) is 22.9 Å². The van der Waals surface area contributed by atoms with E-state index in [0.29, 0.717) is 16.9 Å². The number of hydrogen-bond acceptors (Lipinski definition) is 7. The molecule has 144 valence electrons. The number of aromatic nitrogens is 1. The maximum Gasteiger partial charge on any atom is 0.312 e. The number of carbonyl (C=O) groups is 3. The fraction of sp³-hybridized carbons (Fsp3) is 0.200. The molecular formula is C20H18N2O4S2. The van der Waals surface area contributed by atoms with Gasteiger partial charge < -0.3 is 10.1 Å². The number of carbonyl (C=O) groups excluding carboxylic acids is 3. The van der Waals surface area contributed by atoms with Gasteiger partial charge in [0.2, 0.25) is 0 Å². The minimum Gasteiger partial charge on any atom is -0.452 e. The predicted octanol–water partition coefficient (Wildman–Crippen LogP) is 4.19. The first-order valence-corrected chi connectivity index (χ1v) is 10.3. The molecule has 3 aromatic rings. The van der Waals surface area contributed by atoms with Crippen molar-refractivity contribution in [1.82, 2.24) is 4.98 Å². The van der Waals surface area contributed by atoms with E-state index in [4.69, 9.17) is 4.74 Å². The van der Waals surface area contributed by atoms with Gasteiger partial charge in [0.1, 0.15) is 5.01 Å². The first-order valence-electron chi connectivity index (χ1n) is 8.52. The van der Waals surface area contributed by atoms with Crippen LogP contribution in [0.3, 0.4) is 0 Å². The Kier molecular flexibility index (Phi) is 6.33. The lowest BCUT2D eigenvalue weighted by Gasteiger charge is -2.13. The van der Waals surface area contributed by atoms with E-state index >= 15 is 0 Å². The lowest BCUT2D eigenvalue weighted by Crippen LogP contribution is -2.30. The van der Waals surface area contributed by atoms with E-state index < -0.39 is 18.0 Å². The van der Waals surface area contributed by atoms with Crippen LogP contribution in [0.1, 0.15) is 29.9 Å². The number of Topliss-reactive ketones (excluding diaryl/α,β-unsaturated/α-hetero) is 1. The number of hydrogen-bond donors (Lipinski definition) is 1. The first-order chi connectivity index (χ1) is 13.4. The highest BCUT2D eigenvalue weighted by molar-refractivity contribution is 7.20. The van der Waals surface area contributed by atoms with Crippen LogP contribution in [0.5, 0.6) is 0 Å². The van der Waals surface area contributed by atoms with E-state index in [9.17, 15) is 14.4 Å². The number of esters is 1. The summed E-state index contributed by atoms with van der Waals surface area (Å²) in [4.78, 5) is 41.1. The third-order valence-electron chi connectivity index (χ3n) is 3.85. The van der Waals surface area contributed by atoms with E-state index in [1.165, 1.54) is 25.2 Å². The van der Waals surface area contributed by atoms with Gasteiger partial charge in [-0.3, -0.25) is 14.4 Å². The molecule has 0 radical (unpaired) electrons. The predicted molar refractivity (Wildman–Crippen MR) is 110 cm³/mol. The second-order valence-electron chi connectivity index (χ2n) is 6.05. The molecule has 0 unspecified atom stereocenters. The molecule has 0 aliphatic heterocycles. The summed E-state index contributed by atoms with van der Waals surface area (Å²) in [6, 6.07) is 10.4. The van der Waals surface area contributed by atoms with Gasteiger partial charge in [-0.25, -0.2) is 4.98 Å². The van der Waals surface area contributed by atoms with Crippen molar-refractivity contribution in [1.29, 1.82) is 0 Å². The zero-order valence-corrected chi connectivity index (χ0v) is 16.9. The Morgan fingerprint density at radius 3 is 2.54 bits per heavy atom. The van der Waals surface area contributed by atoms with Crippen LogP contribution in [0.25, 0.3) is 9.88 Å². The minimum atomic E-state index is -0.949. The normalized spacial score (nSPS) is 11.6. The molecule has 1 aromatic carbocycles. The van der Waals surface area contributed by atoms with Crippen LogP contribution in [-0.4, -0.2) is 28.7 Å². The van der Waals surface area contributed by atoms with Crippen molar-refractivity contribution < 1.29 is 19.1 Å². The van der Waals surface area contributed by atoms with E-state index in [2.05, 4.69) is 10.3 Å². The van der Waals surface area contributed by atoms with Crippen molar-refractivity contribution in [2.75, 3.05) is 5.32 Å². The average Bonchev–Trinajstić information content (AvgIpc) is 3.33. The van der Waals surface area contributed by atoms with Crippen LogP contribution < -0.4 is 5.32 Å². The molecule has 0 bridgehead atoms. The van der Waals surface area contributed by atoms with E-state index in [0.717, 1.165) is 9.88 Å². The number of thiophene rings is 1. The van der Waals surface area contributed by atoms with E-state index in [1.54, 1.807) is 35.6 Å². The Morgan fingerprint density at radius 2 is 1.89 bits per heavy atom. The topological polar surface area (TPSA) is 85.4 Å². The number of ether oxygens (including phenoxy) is 1. The maximum absolute atomic E-state index is 12.2. The molecule has 2 aromatic heterocycles. The number of amides is 1. The van der Waals surface area contributed by atoms with Crippen molar-refractivity contribution >= 4 is 46.0 Å². The summed E-state index contributed by atoms with van der Waals surface area (Å²) in [5.41, 5.74) is 1.70. The Bertz CT molecular complexity index is 978. The largest absolute Gasteiger partial charge is 0.452 e. The molecule has 6 nitrogen and oxygen atoms in total. The monoisotopic (exact) mass is 414 g/mol. The van der Waals surface area contributed by atoms with Crippen molar-refractivity contribution in [3.63, 3.8) is 0 Å². The Labute approximate surface area is 170 Å². The van der Waals surface area contributed by atoms with Crippen LogP contribution >= 0.6 is 22.7 Å². The summed E-state index contributed by atoms with van der Waals surface area (Å²) in [6.45, 7) is 2.98. The summed E-state index contributed by atoms with van der Waals surface area (Å²) in [7, 11) is 0. The summed E-state index contributed by atoms with van der Waals surface area (Å²) >= 11 is 3.05. The third-order valence-corrected chi connectivity index (χ3v) is 5.78.